The van der Waals surface area contributed by atoms with Crippen molar-refractivity contribution in [2.45, 2.75) is 0 Å². The third-order valence-corrected chi connectivity index (χ3v) is 2.45. The molecule has 0 fully saturated rings. The number of methoxy groups -OCH3 is 1. The SMILES string of the molecule is C=CCOc1cc(O)cc2oc(=O)c(OC)c(O)c12. The van der Waals surface area contributed by atoms with Crippen LogP contribution in [-0.2, 0) is 0 Å². The van der Waals surface area contributed by atoms with E-state index in [2.05, 4.69) is 6.58 Å². The largest absolute Gasteiger partial charge is 0.508 e. The van der Waals surface area contributed by atoms with Crippen molar-refractivity contribution in [1.82, 2.24) is 0 Å². The van der Waals surface area contributed by atoms with Crippen LogP contribution in [0, 0.1) is 0 Å². The molecule has 0 amide bonds. The van der Waals surface area contributed by atoms with Gasteiger partial charge in [-0.3, -0.25) is 0 Å². The fourth-order valence-electron chi connectivity index (χ4n) is 1.69. The van der Waals surface area contributed by atoms with Gasteiger partial charge >= 0.3 is 5.63 Å². The Hall–Kier alpha value is -2.63. The van der Waals surface area contributed by atoms with Gasteiger partial charge in [-0.05, 0) is 0 Å². The minimum atomic E-state index is -0.840. The quantitative estimate of drug-likeness (QED) is 0.646. The Bertz CT molecular complexity index is 686. The van der Waals surface area contributed by atoms with E-state index in [9.17, 15) is 15.0 Å². The molecule has 0 aliphatic heterocycles. The van der Waals surface area contributed by atoms with Crippen LogP contribution in [0.25, 0.3) is 11.0 Å². The molecule has 0 unspecified atom stereocenters. The summed E-state index contributed by atoms with van der Waals surface area (Å²) in [5.41, 5.74) is -0.838. The molecular weight excluding hydrogens is 252 g/mol. The number of ether oxygens (including phenoxy) is 2. The van der Waals surface area contributed by atoms with Crippen molar-refractivity contribution in [2.24, 2.45) is 0 Å². The van der Waals surface area contributed by atoms with E-state index in [-0.39, 0.29) is 34.8 Å². The van der Waals surface area contributed by atoms with Crippen molar-refractivity contribution in [3.05, 3.63) is 35.2 Å². The summed E-state index contributed by atoms with van der Waals surface area (Å²) in [6.07, 6.45) is 1.50. The summed E-state index contributed by atoms with van der Waals surface area (Å²) in [5, 5.41) is 19.7. The summed E-state index contributed by atoms with van der Waals surface area (Å²) in [4.78, 5) is 11.5. The Morgan fingerprint density at radius 1 is 1.42 bits per heavy atom. The Morgan fingerprint density at radius 2 is 2.16 bits per heavy atom. The highest BCUT2D eigenvalue weighted by atomic mass is 16.5. The lowest BCUT2D eigenvalue weighted by atomic mass is 10.2. The predicted molar refractivity (Wildman–Crippen MR) is 68.1 cm³/mol. The molecule has 0 radical (unpaired) electrons. The third kappa shape index (κ3) is 2.20. The van der Waals surface area contributed by atoms with Crippen molar-refractivity contribution < 1.29 is 24.1 Å². The molecule has 1 aromatic carbocycles. The average molecular weight is 264 g/mol. The molecule has 100 valence electrons. The molecule has 2 aromatic rings. The van der Waals surface area contributed by atoms with Crippen molar-refractivity contribution in [3.8, 4) is 23.0 Å². The molecule has 1 heterocycles. The maximum atomic E-state index is 11.5. The van der Waals surface area contributed by atoms with Crippen molar-refractivity contribution in [1.29, 1.82) is 0 Å². The van der Waals surface area contributed by atoms with Crippen LogP contribution in [0.15, 0.2) is 34.0 Å². The third-order valence-electron chi connectivity index (χ3n) is 2.45. The highest BCUT2D eigenvalue weighted by Crippen LogP contribution is 2.39. The first-order valence-electron chi connectivity index (χ1n) is 5.39. The lowest BCUT2D eigenvalue weighted by Gasteiger charge is -2.10. The second-order valence-electron chi connectivity index (χ2n) is 3.69. The Balaban J connectivity index is 2.80. The number of fused-ring (bicyclic) bond motifs is 1. The summed E-state index contributed by atoms with van der Waals surface area (Å²) >= 11 is 0. The number of hydrogen-bond acceptors (Lipinski definition) is 6. The first-order valence-corrected chi connectivity index (χ1v) is 5.39. The van der Waals surface area contributed by atoms with Gasteiger partial charge in [0.25, 0.3) is 0 Å². The maximum Gasteiger partial charge on any atom is 0.383 e. The van der Waals surface area contributed by atoms with Crippen LogP contribution in [0.1, 0.15) is 0 Å². The molecule has 0 aliphatic carbocycles. The van der Waals surface area contributed by atoms with Crippen LogP contribution >= 0.6 is 0 Å². The van der Waals surface area contributed by atoms with Gasteiger partial charge in [0, 0.05) is 12.1 Å². The van der Waals surface area contributed by atoms with Gasteiger partial charge < -0.3 is 24.1 Å². The molecule has 0 saturated carbocycles. The maximum absolute atomic E-state index is 11.5. The Labute approximate surface area is 108 Å². The van der Waals surface area contributed by atoms with Gasteiger partial charge in [-0.15, -0.1) is 0 Å². The van der Waals surface area contributed by atoms with Gasteiger partial charge in [-0.2, -0.15) is 0 Å². The Kier molecular flexibility index (Phi) is 3.33. The van der Waals surface area contributed by atoms with Crippen molar-refractivity contribution in [3.63, 3.8) is 0 Å². The number of phenols is 1. The van der Waals surface area contributed by atoms with Gasteiger partial charge in [-0.1, -0.05) is 12.7 Å². The van der Waals surface area contributed by atoms with Crippen LogP contribution < -0.4 is 15.1 Å². The summed E-state index contributed by atoms with van der Waals surface area (Å²) in [5.74, 6) is -0.705. The minimum Gasteiger partial charge on any atom is -0.508 e. The minimum absolute atomic E-state index is 0.00219. The first kappa shape index (κ1) is 12.8. The monoisotopic (exact) mass is 264 g/mol. The number of hydrogen-bond donors (Lipinski definition) is 2. The molecule has 2 N–H and O–H groups in total. The van der Waals surface area contributed by atoms with Gasteiger partial charge in [0.1, 0.15) is 29.1 Å². The zero-order valence-corrected chi connectivity index (χ0v) is 10.2. The van der Waals surface area contributed by atoms with Crippen LogP contribution in [0.3, 0.4) is 0 Å². The second-order valence-corrected chi connectivity index (χ2v) is 3.69. The van der Waals surface area contributed by atoms with E-state index >= 15 is 0 Å². The molecule has 2 rings (SSSR count). The number of rotatable bonds is 4. The number of aromatic hydroxyl groups is 2. The molecule has 6 nitrogen and oxygen atoms in total. The van der Waals surface area contributed by atoms with Gasteiger partial charge in [0.05, 0.1) is 7.11 Å². The van der Waals surface area contributed by atoms with E-state index in [0.29, 0.717) is 0 Å². The molecule has 0 saturated heterocycles. The van der Waals surface area contributed by atoms with E-state index in [1.807, 2.05) is 0 Å². The normalized spacial score (nSPS) is 10.4. The van der Waals surface area contributed by atoms with Gasteiger partial charge in [-0.25, -0.2) is 4.79 Å². The van der Waals surface area contributed by atoms with E-state index in [0.717, 1.165) is 0 Å². The summed E-state index contributed by atoms with van der Waals surface area (Å²) in [7, 11) is 1.24. The van der Waals surface area contributed by atoms with Gasteiger partial charge in [0.2, 0.25) is 5.75 Å². The van der Waals surface area contributed by atoms with E-state index < -0.39 is 11.4 Å². The molecule has 0 atom stereocenters. The van der Waals surface area contributed by atoms with E-state index in [1.165, 1.54) is 25.3 Å². The topological polar surface area (TPSA) is 89.1 Å². The summed E-state index contributed by atoms with van der Waals surface area (Å²) in [6.45, 7) is 3.67. The lowest BCUT2D eigenvalue weighted by molar-refractivity contribution is 0.342. The summed E-state index contributed by atoms with van der Waals surface area (Å²) in [6, 6.07) is 2.50. The number of phenolic OH excluding ortho intramolecular Hbond substituents is 1. The molecular formula is C13H12O6. The lowest BCUT2D eigenvalue weighted by Crippen LogP contribution is -2.05. The highest BCUT2D eigenvalue weighted by Gasteiger charge is 2.19. The molecule has 6 heteroatoms. The molecule has 0 bridgehead atoms. The molecule has 19 heavy (non-hydrogen) atoms. The fourth-order valence-corrected chi connectivity index (χ4v) is 1.69. The average Bonchev–Trinajstić information content (AvgIpc) is 2.35. The van der Waals surface area contributed by atoms with Crippen LogP contribution in [0.4, 0.5) is 0 Å². The highest BCUT2D eigenvalue weighted by molar-refractivity contribution is 5.92. The number of benzene rings is 1. The van der Waals surface area contributed by atoms with Crippen molar-refractivity contribution >= 4 is 11.0 Å². The zero-order valence-electron chi connectivity index (χ0n) is 10.2. The molecule has 1 aromatic heterocycles. The van der Waals surface area contributed by atoms with Gasteiger partial charge in [0.15, 0.2) is 5.75 Å². The zero-order chi connectivity index (χ0) is 14.0. The fraction of sp³-hybridized carbons (Fsp3) is 0.154. The van der Waals surface area contributed by atoms with Crippen LogP contribution in [0.2, 0.25) is 0 Å². The first-order chi connectivity index (χ1) is 9.08. The van der Waals surface area contributed by atoms with E-state index in [1.54, 1.807) is 0 Å². The smallest absolute Gasteiger partial charge is 0.383 e. The van der Waals surface area contributed by atoms with Crippen molar-refractivity contribution in [2.75, 3.05) is 13.7 Å². The Morgan fingerprint density at radius 3 is 2.79 bits per heavy atom. The van der Waals surface area contributed by atoms with Crippen LogP contribution in [-0.4, -0.2) is 23.9 Å². The van der Waals surface area contributed by atoms with Crippen LogP contribution in [0.5, 0.6) is 23.0 Å². The molecule has 0 spiro atoms. The summed E-state index contributed by atoms with van der Waals surface area (Å²) < 4.78 is 15.1. The standard InChI is InChI=1S/C13H12O6/c1-3-4-18-8-5-7(14)6-9-10(8)11(15)12(17-2)13(16)19-9/h3,5-6,14-15H,1,4H2,2H3. The molecule has 0 aliphatic rings. The second kappa shape index (κ2) is 4.93. The predicted octanol–water partition coefficient (Wildman–Crippen LogP) is 1.78. The van der Waals surface area contributed by atoms with E-state index in [4.69, 9.17) is 13.9 Å².